The van der Waals surface area contributed by atoms with E-state index in [4.69, 9.17) is 4.98 Å². The van der Waals surface area contributed by atoms with Gasteiger partial charge in [-0.1, -0.05) is 56.4 Å². The van der Waals surface area contributed by atoms with Crippen molar-refractivity contribution in [3.8, 4) is 11.4 Å². The van der Waals surface area contributed by atoms with Gasteiger partial charge in [-0.3, -0.25) is 14.9 Å². The first-order valence-corrected chi connectivity index (χ1v) is 11.3. The first kappa shape index (κ1) is 22.5. The van der Waals surface area contributed by atoms with Crippen LogP contribution in [0, 0.1) is 10.1 Å². The summed E-state index contributed by atoms with van der Waals surface area (Å²) in [4.78, 5) is 32.9. The highest BCUT2D eigenvalue weighted by molar-refractivity contribution is 7.17. The molecular formula is C23H24N6O3S. The molecule has 0 radical (unpaired) electrons. The summed E-state index contributed by atoms with van der Waals surface area (Å²) in [6, 6.07) is 10.8. The van der Waals surface area contributed by atoms with Crippen LogP contribution in [0.25, 0.3) is 22.4 Å². The molecule has 3 heterocycles. The molecule has 0 aliphatic carbocycles. The zero-order valence-electron chi connectivity index (χ0n) is 19.0. The highest BCUT2D eigenvalue weighted by Gasteiger charge is 2.21. The van der Waals surface area contributed by atoms with Crippen LogP contribution in [-0.2, 0) is 5.41 Å². The molecule has 4 rings (SSSR count). The number of amides is 1. The van der Waals surface area contributed by atoms with E-state index in [0.29, 0.717) is 22.7 Å². The molecule has 0 atom stereocenters. The molecule has 0 aliphatic rings. The number of hydrogen-bond acceptors (Lipinski definition) is 7. The Balaban J connectivity index is 1.78. The number of nitrogens with zero attached hydrogens (tertiary/aromatic N) is 5. The molecule has 9 nitrogen and oxygen atoms in total. The third-order valence-electron chi connectivity index (χ3n) is 5.18. The summed E-state index contributed by atoms with van der Waals surface area (Å²) in [5.41, 5.74) is 2.61. The smallest absolute Gasteiger partial charge is 0.305 e. The Morgan fingerprint density at radius 3 is 2.39 bits per heavy atom. The van der Waals surface area contributed by atoms with Crippen molar-refractivity contribution < 1.29 is 9.72 Å². The second kappa shape index (κ2) is 8.36. The summed E-state index contributed by atoms with van der Waals surface area (Å²) in [6.45, 7) is 10.4. The number of fused-ring (bicyclic) bond motifs is 1. The average Bonchev–Trinajstić information content (AvgIpc) is 3.41. The molecule has 33 heavy (non-hydrogen) atoms. The highest BCUT2D eigenvalue weighted by atomic mass is 32.1. The van der Waals surface area contributed by atoms with Crippen LogP contribution in [-0.4, -0.2) is 30.6 Å². The molecular weight excluding hydrogens is 440 g/mol. The van der Waals surface area contributed by atoms with Gasteiger partial charge in [0.2, 0.25) is 0 Å². The molecule has 0 bridgehead atoms. The molecule has 0 saturated carbocycles. The minimum absolute atomic E-state index is 0.0159. The molecule has 0 aliphatic heterocycles. The maximum absolute atomic E-state index is 12.8. The zero-order chi connectivity index (χ0) is 23.9. The maximum atomic E-state index is 12.8. The van der Waals surface area contributed by atoms with Gasteiger partial charge in [-0.25, -0.2) is 14.6 Å². The number of anilines is 1. The number of nitrogens with one attached hydrogen (secondary N) is 1. The number of benzene rings is 1. The topological polar surface area (TPSA) is 116 Å². The number of carbonyl (C=O) groups excluding carboxylic acids is 1. The molecule has 4 aromatic rings. The Bertz CT molecular complexity index is 1350. The van der Waals surface area contributed by atoms with E-state index in [1.54, 1.807) is 10.9 Å². The van der Waals surface area contributed by atoms with Gasteiger partial charge in [-0.05, 0) is 30.9 Å². The van der Waals surface area contributed by atoms with Gasteiger partial charge in [-0.15, -0.1) is 0 Å². The van der Waals surface area contributed by atoms with E-state index in [1.807, 2.05) is 38.1 Å². The molecule has 1 aromatic carbocycles. The molecule has 0 unspecified atom stereocenters. The Kier molecular flexibility index (Phi) is 5.71. The molecule has 1 amide bonds. The minimum atomic E-state index is -0.518. The van der Waals surface area contributed by atoms with E-state index in [9.17, 15) is 14.9 Å². The van der Waals surface area contributed by atoms with Gasteiger partial charge in [0.05, 0.1) is 21.4 Å². The van der Waals surface area contributed by atoms with Gasteiger partial charge in [0.25, 0.3) is 5.91 Å². The molecule has 0 fully saturated rings. The Hall–Kier alpha value is -3.66. The van der Waals surface area contributed by atoms with Gasteiger partial charge < -0.3 is 5.32 Å². The van der Waals surface area contributed by atoms with Crippen LogP contribution in [0.3, 0.4) is 0 Å². The van der Waals surface area contributed by atoms with Gasteiger partial charge >= 0.3 is 5.00 Å². The normalized spacial score (nSPS) is 11.8. The van der Waals surface area contributed by atoms with Gasteiger partial charge in [0.15, 0.2) is 11.5 Å². The van der Waals surface area contributed by atoms with Crippen molar-refractivity contribution >= 4 is 39.1 Å². The lowest BCUT2D eigenvalue weighted by Crippen LogP contribution is -2.13. The fourth-order valence-corrected chi connectivity index (χ4v) is 4.08. The van der Waals surface area contributed by atoms with Crippen molar-refractivity contribution in [2.45, 2.75) is 46.1 Å². The lowest BCUT2D eigenvalue weighted by Gasteiger charge is -2.19. The lowest BCUT2D eigenvalue weighted by atomic mass is 9.87. The third-order valence-corrected chi connectivity index (χ3v) is 6.22. The van der Waals surface area contributed by atoms with E-state index < -0.39 is 10.8 Å². The Morgan fingerprint density at radius 1 is 1.12 bits per heavy atom. The van der Waals surface area contributed by atoms with Crippen LogP contribution in [0.15, 0.2) is 42.6 Å². The number of aromatic nitrogens is 4. The molecule has 0 saturated heterocycles. The van der Waals surface area contributed by atoms with Crippen LogP contribution >= 0.6 is 11.3 Å². The SMILES string of the molecule is CC(C)n1ncc2c(NC(=O)c3ccc([N+](=O)[O-])s3)nc(-c3ccc(C(C)(C)C)cc3)nc21. The predicted octanol–water partition coefficient (Wildman–Crippen LogP) is 5.59. The number of carbonyl (C=O) groups is 1. The summed E-state index contributed by atoms with van der Waals surface area (Å²) >= 11 is 0.813. The van der Waals surface area contributed by atoms with Gasteiger partial charge in [0, 0.05) is 17.7 Å². The quantitative estimate of drug-likeness (QED) is 0.304. The zero-order valence-corrected chi connectivity index (χ0v) is 19.8. The van der Waals surface area contributed by atoms with Crippen LogP contribution in [0.5, 0.6) is 0 Å². The monoisotopic (exact) mass is 464 g/mol. The summed E-state index contributed by atoms with van der Waals surface area (Å²) in [5, 5.41) is 18.7. The van der Waals surface area contributed by atoms with E-state index in [1.165, 1.54) is 17.7 Å². The van der Waals surface area contributed by atoms with Crippen LogP contribution in [0.1, 0.15) is 55.9 Å². The largest absolute Gasteiger partial charge is 0.324 e. The Morgan fingerprint density at radius 2 is 1.82 bits per heavy atom. The first-order chi connectivity index (χ1) is 15.5. The predicted molar refractivity (Wildman–Crippen MR) is 129 cm³/mol. The second-order valence-electron chi connectivity index (χ2n) is 8.99. The Labute approximate surface area is 194 Å². The highest BCUT2D eigenvalue weighted by Crippen LogP contribution is 2.30. The average molecular weight is 465 g/mol. The molecule has 1 N–H and O–H groups in total. The number of rotatable bonds is 5. The van der Waals surface area contributed by atoms with E-state index in [0.717, 1.165) is 16.9 Å². The third kappa shape index (κ3) is 4.47. The van der Waals surface area contributed by atoms with Crippen molar-refractivity contribution in [1.29, 1.82) is 0 Å². The van der Waals surface area contributed by atoms with Crippen molar-refractivity contribution in [3.63, 3.8) is 0 Å². The molecule has 170 valence electrons. The van der Waals surface area contributed by atoms with Crippen molar-refractivity contribution in [2.24, 2.45) is 0 Å². The fraction of sp³-hybridized carbons (Fsp3) is 0.304. The summed E-state index contributed by atoms with van der Waals surface area (Å²) in [6.07, 6.45) is 1.62. The van der Waals surface area contributed by atoms with E-state index in [2.05, 4.69) is 36.2 Å². The van der Waals surface area contributed by atoms with Crippen LogP contribution in [0.4, 0.5) is 10.8 Å². The van der Waals surface area contributed by atoms with Crippen molar-refractivity contribution in [3.05, 3.63) is 63.1 Å². The molecule has 0 spiro atoms. The van der Waals surface area contributed by atoms with Crippen LogP contribution < -0.4 is 5.32 Å². The number of hydrogen-bond donors (Lipinski definition) is 1. The number of thiophene rings is 1. The van der Waals surface area contributed by atoms with E-state index in [-0.39, 0.29) is 21.3 Å². The molecule has 3 aromatic heterocycles. The van der Waals surface area contributed by atoms with Crippen molar-refractivity contribution in [1.82, 2.24) is 19.7 Å². The molecule has 10 heteroatoms. The lowest BCUT2D eigenvalue weighted by molar-refractivity contribution is -0.380. The van der Waals surface area contributed by atoms with E-state index >= 15 is 0 Å². The summed E-state index contributed by atoms with van der Waals surface area (Å²) in [5.74, 6) is 0.292. The maximum Gasteiger partial charge on any atom is 0.324 e. The summed E-state index contributed by atoms with van der Waals surface area (Å²) < 4.78 is 1.77. The van der Waals surface area contributed by atoms with Crippen LogP contribution in [0.2, 0.25) is 0 Å². The fourth-order valence-electron chi connectivity index (χ4n) is 3.36. The first-order valence-electron chi connectivity index (χ1n) is 10.5. The minimum Gasteiger partial charge on any atom is -0.305 e. The number of nitro groups is 1. The second-order valence-corrected chi connectivity index (χ2v) is 10.1. The van der Waals surface area contributed by atoms with Crippen molar-refractivity contribution in [2.75, 3.05) is 5.32 Å². The van der Waals surface area contributed by atoms with Gasteiger partial charge in [-0.2, -0.15) is 5.10 Å². The van der Waals surface area contributed by atoms with Gasteiger partial charge in [0.1, 0.15) is 5.82 Å². The standard InChI is InChI=1S/C23H24N6O3S/c1-13(2)28-21-16(12-24-28)20(27-22(30)17-10-11-18(33-17)29(31)32)25-19(26-21)14-6-8-15(9-7-14)23(3,4)5/h6-13H,1-5H3,(H,25,26,27,30). The summed E-state index contributed by atoms with van der Waals surface area (Å²) in [7, 11) is 0.